The molecule has 2 rings (SSSR count). The van der Waals surface area contributed by atoms with Crippen molar-refractivity contribution in [1.29, 1.82) is 0 Å². The normalized spacial score (nSPS) is 20.6. The molecule has 1 aromatic rings. The van der Waals surface area contributed by atoms with Crippen molar-refractivity contribution in [1.82, 2.24) is 0 Å². The summed E-state index contributed by atoms with van der Waals surface area (Å²) in [5.74, 6) is 1.59. The average molecular weight is 235 g/mol. The van der Waals surface area contributed by atoms with Gasteiger partial charge >= 0.3 is 0 Å². The number of hydrogen-bond acceptors (Lipinski definition) is 4. The van der Waals surface area contributed by atoms with Crippen LogP contribution in [0.5, 0.6) is 5.75 Å². The largest absolute Gasteiger partial charge is 0.481 e. The molecular weight excluding hydrogens is 218 g/mol. The first-order valence-corrected chi connectivity index (χ1v) is 5.57. The van der Waals surface area contributed by atoms with Gasteiger partial charge in [-0.15, -0.1) is 0 Å². The van der Waals surface area contributed by atoms with Crippen LogP contribution in [0, 0.1) is 0 Å². The summed E-state index contributed by atoms with van der Waals surface area (Å²) >= 11 is 0. The molecule has 0 saturated heterocycles. The first kappa shape index (κ1) is 11.7. The van der Waals surface area contributed by atoms with Gasteiger partial charge in [-0.05, 0) is 19.1 Å². The number of rotatable bonds is 3. The van der Waals surface area contributed by atoms with Crippen LogP contribution < -0.4 is 15.8 Å². The monoisotopic (exact) mass is 235 g/mol. The maximum absolute atomic E-state index is 5.74. The molecule has 0 fully saturated rings. The number of aliphatic imine (C=N–C) groups is 1. The summed E-state index contributed by atoms with van der Waals surface area (Å²) in [6.07, 6.45) is -0.0962. The lowest BCUT2D eigenvalue weighted by molar-refractivity contribution is 0.207. The summed E-state index contributed by atoms with van der Waals surface area (Å²) in [5, 5.41) is 3.25. The van der Waals surface area contributed by atoms with Crippen LogP contribution in [0.25, 0.3) is 0 Å². The van der Waals surface area contributed by atoms with Gasteiger partial charge in [-0.25, -0.2) is 0 Å². The number of anilines is 2. The highest BCUT2D eigenvalue weighted by atomic mass is 16.5. The lowest BCUT2D eigenvalue weighted by Gasteiger charge is -2.26. The Balaban J connectivity index is 2.15. The van der Waals surface area contributed by atoms with Crippen molar-refractivity contribution in [3.8, 4) is 5.75 Å². The number of nitrogens with two attached hydrogens (primary N) is 1. The third-order valence-corrected chi connectivity index (χ3v) is 2.53. The number of amidine groups is 1. The number of nitrogen functional groups attached to an aromatic ring is 1. The van der Waals surface area contributed by atoms with Gasteiger partial charge < -0.3 is 20.5 Å². The van der Waals surface area contributed by atoms with Gasteiger partial charge in [0, 0.05) is 18.9 Å². The molecule has 1 unspecified atom stereocenters. The van der Waals surface area contributed by atoms with E-state index in [0.29, 0.717) is 18.8 Å². The molecule has 1 atom stereocenters. The number of nitrogens with zero attached hydrogens (tertiary/aromatic N) is 1. The van der Waals surface area contributed by atoms with Crippen LogP contribution in [0.15, 0.2) is 23.2 Å². The van der Waals surface area contributed by atoms with Crippen molar-refractivity contribution in [3.63, 3.8) is 0 Å². The summed E-state index contributed by atoms with van der Waals surface area (Å²) in [5.41, 5.74) is 7.29. The maximum atomic E-state index is 5.74. The molecule has 0 aliphatic carbocycles. The highest BCUT2D eigenvalue weighted by Gasteiger charge is 2.21. The Morgan fingerprint density at radius 3 is 3.12 bits per heavy atom. The van der Waals surface area contributed by atoms with Gasteiger partial charge in [0.25, 0.3) is 0 Å². The summed E-state index contributed by atoms with van der Waals surface area (Å²) in [6.45, 7) is 3.17. The molecule has 0 aromatic heterocycles. The zero-order valence-electron chi connectivity index (χ0n) is 10.1. The van der Waals surface area contributed by atoms with Crippen LogP contribution in [0.1, 0.15) is 6.92 Å². The molecule has 0 saturated carbocycles. The minimum atomic E-state index is -0.0962. The van der Waals surface area contributed by atoms with Gasteiger partial charge in [0.05, 0.1) is 18.8 Å². The smallest absolute Gasteiger partial charge is 0.153 e. The van der Waals surface area contributed by atoms with Gasteiger partial charge in [0.2, 0.25) is 0 Å². The lowest BCUT2D eigenvalue weighted by atomic mass is 10.2. The maximum Gasteiger partial charge on any atom is 0.153 e. The van der Waals surface area contributed by atoms with Gasteiger partial charge in [0.1, 0.15) is 11.6 Å². The molecule has 1 aliphatic heterocycles. The first-order valence-electron chi connectivity index (χ1n) is 5.57. The summed E-state index contributed by atoms with van der Waals surface area (Å²) in [4.78, 5) is 4.40. The Labute approximate surface area is 101 Å². The van der Waals surface area contributed by atoms with Crippen LogP contribution in [-0.2, 0) is 4.74 Å². The summed E-state index contributed by atoms with van der Waals surface area (Å²) in [6, 6.07) is 5.53. The quantitative estimate of drug-likeness (QED) is 0.615. The van der Waals surface area contributed by atoms with E-state index in [1.807, 2.05) is 25.1 Å². The fourth-order valence-electron chi connectivity index (χ4n) is 1.65. The van der Waals surface area contributed by atoms with E-state index in [9.17, 15) is 0 Å². The second kappa shape index (κ2) is 5.05. The molecule has 1 heterocycles. The van der Waals surface area contributed by atoms with E-state index in [2.05, 4.69) is 10.3 Å². The van der Waals surface area contributed by atoms with Gasteiger partial charge in [-0.3, -0.25) is 4.99 Å². The number of ether oxygens (including phenoxy) is 2. The van der Waals surface area contributed by atoms with Crippen molar-refractivity contribution in [3.05, 3.63) is 18.2 Å². The molecule has 3 N–H and O–H groups in total. The Morgan fingerprint density at radius 2 is 2.35 bits per heavy atom. The molecule has 92 valence electrons. The van der Waals surface area contributed by atoms with E-state index < -0.39 is 0 Å². The van der Waals surface area contributed by atoms with E-state index in [-0.39, 0.29) is 6.10 Å². The van der Waals surface area contributed by atoms with E-state index >= 15 is 0 Å². The predicted molar refractivity (Wildman–Crippen MR) is 68.7 cm³/mol. The number of benzene rings is 1. The Hall–Kier alpha value is -1.75. The molecule has 1 aliphatic rings. The number of hydrogen-bond donors (Lipinski definition) is 2. The topological polar surface area (TPSA) is 68.9 Å². The lowest BCUT2D eigenvalue weighted by Crippen LogP contribution is -2.35. The Bertz CT molecular complexity index is 432. The third-order valence-electron chi connectivity index (χ3n) is 2.53. The molecule has 1 aromatic carbocycles. The van der Waals surface area contributed by atoms with Gasteiger partial charge in [0.15, 0.2) is 6.10 Å². The van der Waals surface area contributed by atoms with E-state index in [0.717, 1.165) is 17.3 Å². The zero-order chi connectivity index (χ0) is 12.3. The Kier molecular flexibility index (Phi) is 3.49. The predicted octanol–water partition coefficient (Wildman–Crippen LogP) is 1.51. The van der Waals surface area contributed by atoms with Crippen LogP contribution >= 0.6 is 0 Å². The van der Waals surface area contributed by atoms with Crippen molar-refractivity contribution < 1.29 is 9.47 Å². The van der Waals surface area contributed by atoms with Crippen LogP contribution in [0.3, 0.4) is 0 Å². The van der Waals surface area contributed by atoms with Crippen LogP contribution in [-0.4, -0.2) is 32.2 Å². The van der Waals surface area contributed by atoms with Crippen LogP contribution in [0.4, 0.5) is 11.4 Å². The third kappa shape index (κ3) is 2.68. The van der Waals surface area contributed by atoms with Crippen molar-refractivity contribution in [2.45, 2.75) is 13.0 Å². The molecular formula is C12H17N3O2. The fraction of sp³-hybridized carbons (Fsp3) is 0.417. The average Bonchev–Trinajstić information content (AvgIpc) is 2.30. The molecule has 5 heteroatoms. The minimum absolute atomic E-state index is 0.0962. The van der Waals surface area contributed by atoms with E-state index in [1.165, 1.54) is 0 Å². The van der Waals surface area contributed by atoms with E-state index in [4.69, 9.17) is 15.2 Å². The molecule has 0 bridgehead atoms. The van der Waals surface area contributed by atoms with Crippen molar-refractivity contribution >= 4 is 17.2 Å². The first-order chi connectivity index (χ1) is 8.20. The molecule has 0 spiro atoms. The summed E-state index contributed by atoms with van der Waals surface area (Å²) in [7, 11) is 1.66. The highest BCUT2D eigenvalue weighted by molar-refractivity contribution is 6.01. The van der Waals surface area contributed by atoms with Crippen LogP contribution in [0.2, 0.25) is 0 Å². The minimum Gasteiger partial charge on any atom is -0.481 e. The molecule has 0 amide bonds. The molecule has 5 nitrogen and oxygen atoms in total. The molecule has 0 radical (unpaired) electrons. The van der Waals surface area contributed by atoms with Crippen molar-refractivity contribution in [2.75, 3.05) is 31.3 Å². The number of methoxy groups -OCH3 is 1. The van der Waals surface area contributed by atoms with Gasteiger partial charge in [-0.2, -0.15) is 0 Å². The number of fused-ring (bicyclic) bond motifs is 1. The summed E-state index contributed by atoms with van der Waals surface area (Å²) < 4.78 is 10.7. The second-order valence-corrected chi connectivity index (χ2v) is 3.90. The standard InChI is InChI=1S/C12H17N3O2/c1-8-12(14-5-6-16-2)15-10-4-3-9(13)7-11(10)17-8/h3-4,7-8H,5-6,13H2,1-2H3,(H,14,15). The van der Waals surface area contributed by atoms with Crippen molar-refractivity contribution in [2.24, 2.45) is 4.99 Å². The van der Waals surface area contributed by atoms with Gasteiger partial charge in [-0.1, -0.05) is 0 Å². The van der Waals surface area contributed by atoms with E-state index in [1.54, 1.807) is 7.11 Å². The zero-order valence-corrected chi connectivity index (χ0v) is 10.1. The number of nitrogens with one attached hydrogen (secondary N) is 1. The second-order valence-electron chi connectivity index (χ2n) is 3.90. The molecule has 17 heavy (non-hydrogen) atoms. The fourth-order valence-corrected chi connectivity index (χ4v) is 1.65. The SMILES string of the molecule is COCCN=C1Nc2ccc(N)cc2OC1C. The highest BCUT2D eigenvalue weighted by Crippen LogP contribution is 2.31. The Morgan fingerprint density at radius 1 is 1.53 bits per heavy atom.